The Kier molecular flexibility index (Phi) is 7.15. The number of carbonyl (C=O) groups excluding carboxylic acids is 2. The Morgan fingerprint density at radius 3 is 2.48 bits per heavy atom. The van der Waals surface area contributed by atoms with Gasteiger partial charge in [-0.2, -0.15) is 0 Å². The van der Waals surface area contributed by atoms with Gasteiger partial charge in [0.2, 0.25) is 5.91 Å². The molecule has 4 atom stereocenters. The van der Waals surface area contributed by atoms with Gasteiger partial charge in [-0.15, -0.1) is 0 Å². The molecule has 1 rings (SSSR count). The molecule has 5 heteroatoms. The molecule has 21 heavy (non-hydrogen) atoms. The highest BCUT2D eigenvalue weighted by Crippen LogP contribution is 2.29. The first-order valence-electron chi connectivity index (χ1n) is 7.97. The zero-order chi connectivity index (χ0) is 16.0. The Hall–Kier alpha value is -1.10. The number of rotatable bonds is 6. The van der Waals surface area contributed by atoms with Crippen molar-refractivity contribution in [2.75, 3.05) is 13.7 Å². The number of hydrogen-bond donors (Lipinski definition) is 2. The summed E-state index contributed by atoms with van der Waals surface area (Å²) in [5.74, 6) is 0.867. The molecule has 1 aliphatic carbocycles. The molecule has 0 radical (unpaired) electrons. The van der Waals surface area contributed by atoms with E-state index in [-0.39, 0.29) is 30.4 Å². The minimum absolute atomic E-state index is 0.0458. The van der Waals surface area contributed by atoms with Crippen LogP contribution in [0.15, 0.2) is 0 Å². The summed E-state index contributed by atoms with van der Waals surface area (Å²) in [6, 6.07) is -0.192. The van der Waals surface area contributed by atoms with Crippen molar-refractivity contribution < 1.29 is 14.3 Å². The minimum atomic E-state index is -0.441. The number of carbonyl (C=O) groups is 2. The molecule has 0 heterocycles. The molecule has 122 valence electrons. The van der Waals surface area contributed by atoms with E-state index >= 15 is 0 Å². The molecule has 1 saturated carbocycles. The Morgan fingerprint density at radius 2 is 1.90 bits per heavy atom. The van der Waals surface area contributed by atoms with E-state index in [1.807, 2.05) is 13.8 Å². The van der Waals surface area contributed by atoms with Gasteiger partial charge in [-0.1, -0.05) is 40.5 Å². The summed E-state index contributed by atoms with van der Waals surface area (Å²) in [7, 11) is 1.37. The topological polar surface area (TPSA) is 67.4 Å². The Balaban J connectivity index is 2.44. The van der Waals surface area contributed by atoms with Crippen LogP contribution in [0.25, 0.3) is 0 Å². The summed E-state index contributed by atoms with van der Waals surface area (Å²) in [4.78, 5) is 23.7. The summed E-state index contributed by atoms with van der Waals surface area (Å²) < 4.78 is 4.75. The largest absolute Gasteiger partial charge is 0.468 e. The first-order chi connectivity index (χ1) is 9.86. The van der Waals surface area contributed by atoms with Crippen LogP contribution in [0.1, 0.15) is 47.0 Å². The van der Waals surface area contributed by atoms with Crippen LogP contribution in [-0.2, 0) is 14.3 Å². The van der Waals surface area contributed by atoms with Crippen molar-refractivity contribution in [1.29, 1.82) is 0 Å². The van der Waals surface area contributed by atoms with E-state index in [0.29, 0.717) is 11.8 Å². The molecule has 1 aliphatic rings. The predicted molar refractivity (Wildman–Crippen MR) is 82.8 cm³/mol. The molecule has 0 bridgehead atoms. The molecule has 1 fully saturated rings. The van der Waals surface area contributed by atoms with E-state index in [0.717, 1.165) is 6.42 Å². The molecule has 0 saturated heterocycles. The number of esters is 1. The van der Waals surface area contributed by atoms with Gasteiger partial charge in [0.15, 0.2) is 0 Å². The lowest BCUT2D eigenvalue weighted by molar-refractivity contribution is -0.144. The average Bonchev–Trinajstić information content (AvgIpc) is 2.43. The normalized spacial score (nSPS) is 27.2. The van der Waals surface area contributed by atoms with Crippen LogP contribution >= 0.6 is 0 Å². The van der Waals surface area contributed by atoms with Crippen LogP contribution in [0, 0.1) is 17.8 Å². The first kappa shape index (κ1) is 18.0. The van der Waals surface area contributed by atoms with Crippen molar-refractivity contribution in [3.63, 3.8) is 0 Å². The fourth-order valence-corrected chi connectivity index (χ4v) is 2.96. The van der Waals surface area contributed by atoms with Gasteiger partial charge in [0.05, 0.1) is 13.7 Å². The quantitative estimate of drug-likeness (QED) is 0.733. The molecule has 4 unspecified atom stereocenters. The highest BCUT2D eigenvalue weighted by atomic mass is 16.5. The van der Waals surface area contributed by atoms with Gasteiger partial charge < -0.3 is 10.1 Å². The molecule has 0 aromatic rings. The Labute approximate surface area is 128 Å². The van der Waals surface area contributed by atoms with Gasteiger partial charge in [0.1, 0.15) is 6.04 Å². The summed E-state index contributed by atoms with van der Waals surface area (Å²) in [6.45, 7) is 8.45. The monoisotopic (exact) mass is 298 g/mol. The number of nitrogens with one attached hydrogen (secondary N) is 2. The maximum Gasteiger partial charge on any atom is 0.323 e. The van der Waals surface area contributed by atoms with Crippen molar-refractivity contribution in [3.05, 3.63) is 0 Å². The molecule has 0 aromatic heterocycles. The van der Waals surface area contributed by atoms with Crippen molar-refractivity contribution in [3.8, 4) is 0 Å². The summed E-state index contributed by atoms with van der Waals surface area (Å²) in [5.41, 5.74) is 0. The predicted octanol–water partition coefficient (Wildman–Crippen LogP) is 1.71. The molecule has 0 aromatic carbocycles. The summed E-state index contributed by atoms with van der Waals surface area (Å²) >= 11 is 0. The van der Waals surface area contributed by atoms with Gasteiger partial charge in [-0.05, 0) is 24.2 Å². The highest BCUT2D eigenvalue weighted by molar-refractivity contribution is 5.80. The lowest BCUT2D eigenvalue weighted by Gasteiger charge is -2.34. The zero-order valence-corrected chi connectivity index (χ0v) is 13.9. The summed E-state index contributed by atoms with van der Waals surface area (Å²) in [5, 5.41) is 6.10. The van der Waals surface area contributed by atoms with Crippen molar-refractivity contribution in [2.24, 2.45) is 17.8 Å². The molecule has 0 spiro atoms. The Morgan fingerprint density at radius 1 is 1.24 bits per heavy atom. The fourth-order valence-electron chi connectivity index (χ4n) is 2.96. The van der Waals surface area contributed by atoms with Crippen LogP contribution in [0.2, 0.25) is 0 Å². The molecule has 5 nitrogen and oxygen atoms in total. The standard InChI is InChI=1S/C16H30N2O3/c1-10(2)15(16(20)21-5)17-9-14(19)18-13-8-6-7-11(3)12(13)4/h10-13,15,17H,6-9H2,1-5H3,(H,18,19). The molecular weight excluding hydrogens is 268 g/mol. The van der Waals surface area contributed by atoms with Crippen molar-refractivity contribution >= 4 is 11.9 Å². The van der Waals surface area contributed by atoms with Crippen molar-refractivity contribution in [2.45, 2.75) is 59.0 Å². The third-order valence-electron chi connectivity index (χ3n) is 4.66. The maximum atomic E-state index is 12.1. The minimum Gasteiger partial charge on any atom is -0.468 e. The zero-order valence-electron chi connectivity index (χ0n) is 13.9. The van der Waals surface area contributed by atoms with Gasteiger partial charge in [0.25, 0.3) is 0 Å². The number of hydrogen-bond acceptors (Lipinski definition) is 4. The first-order valence-corrected chi connectivity index (χ1v) is 7.97. The fraction of sp³-hybridized carbons (Fsp3) is 0.875. The van der Waals surface area contributed by atoms with Crippen LogP contribution < -0.4 is 10.6 Å². The van der Waals surface area contributed by atoms with Crippen LogP contribution in [0.5, 0.6) is 0 Å². The molecule has 1 amide bonds. The number of ether oxygens (including phenoxy) is 1. The molecule has 0 aliphatic heterocycles. The van der Waals surface area contributed by atoms with E-state index in [1.54, 1.807) is 0 Å². The van der Waals surface area contributed by atoms with Crippen LogP contribution in [-0.4, -0.2) is 37.6 Å². The van der Waals surface area contributed by atoms with Gasteiger partial charge in [0, 0.05) is 6.04 Å². The lowest BCUT2D eigenvalue weighted by atomic mass is 9.78. The second-order valence-electron chi connectivity index (χ2n) is 6.57. The second-order valence-corrected chi connectivity index (χ2v) is 6.57. The third-order valence-corrected chi connectivity index (χ3v) is 4.66. The molecule has 2 N–H and O–H groups in total. The third kappa shape index (κ3) is 5.30. The van der Waals surface area contributed by atoms with E-state index < -0.39 is 6.04 Å². The van der Waals surface area contributed by atoms with Crippen molar-refractivity contribution in [1.82, 2.24) is 10.6 Å². The second kappa shape index (κ2) is 8.37. The number of methoxy groups -OCH3 is 1. The average molecular weight is 298 g/mol. The Bertz CT molecular complexity index is 357. The maximum absolute atomic E-state index is 12.1. The molecular formula is C16H30N2O3. The SMILES string of the molecule is COC(=O)C(NCC(=O)NC1CCCC(C)C1C)C(C)C. The van der Waals surface area contributed by atoms with Crippen LogP contribution in [0.3, 0.4) is 0 Å². The smallest absolute Gasteiger partial charge is 0.323 e. The number of amides is 1. The van der Waals surface area contributed by atoms with Gasteiger partial charge in [-0.3, -0.25) is 14.9 Å². The van der Waals surface area contributed by atoms with E-state index in [2.05, 4.69) is 24.5 Å². The summed E-state index contributed by atoms with van der Waals surface area (Å²) in [6.07, 6.45) is 3.45. The van der Waals surface area contributed by atoms with Gasteiger partial charge in [-0.25, -0.2) is 0 Å². The van der Waals surface area contributed by atoms with Crippen LogP contribution in [0.4, 0.5) is 0 Å². The van der Waals surface area contributed by atoms with E-state index in [4.69, 9.17) is 4.74 Å². The van der Waals surface area contributed by atoms with E-state index in [9.17, 15) is 9.59 Å². The highest BCUT2D eigenvalue weighted by Gasteiger charge is 2.29. The van der Waals surface area contributed by atoms with E-state index in [1.165, 1.54) is 20.0 Å². The lowest BCUT2D eigenvalue weighted by Crippen LogP contribution is -2.50. The van der Waals surface area contributed by atoms with Gasteiger partial charge >= 0.3 is 5.97 Å².